The van der Waals surface area contributed by atoms with Crippen molar-refractivity contribution < 1.29 is 10.0 Å². The predicted octanol–water partition coefficient (Wildman–Crippen LogP) is -0.755. The quantitative estimate of drug-likeness (QED) is 0.266. The van der Waals surface area contributed by atoms with E-state index in [0.717, 1.165) is 25.9 Å². The highest BCUT2D eigenvalue weighted by Gasteiger charge is 2.19. The van der Waals surface area contributed by atoms with Gasteiger partial charge in [0.15, 0.2) is 0 Å². The number of hydrogen-bond acceptors (Lipinski definition) is 3. The summed E-state index contributed by atoms with van der Waals surface area (Å²) in [6, 6.07) is 0. The molecule has 0 aliphatic carbocycles. The standard InChI is InChI=1S/C8H16N4O2/c1-11(8(9)10-14)6-7(13)12-4-2-3-5-12/h14H,2-6H2,1H3,(H2,9,10). The summed E-state index contributed by atoms with van der Waals surface area (Å²) < 4.78 is 0. The molecule has 3 N–H and O–H groups in total. The van der Waals surface area contributed by atoms with Crippen LogP contribution in [0.4, 0.5) is 0 Å². The summed E-state index contributed by atoms with van der Waals surface area (Å²) in [7, 11) is 1.61. The molecular weight excluding hydrogens is 184 g/mol. The van der Waals surface area contributed by atoms with Crippen LogP contribution >= 0.6 is 0 Å². The van der Waals surface area contributed by atoms with Crippen LogP contribution in [-0.4, -0.2) is 53.6 Å². The van der Waals surface area contributed by atoms with Gasteiger partial charge in [0.05, 0.1) is 6.54 Å². The van der Waals surface area contributed by atoms with E-state index in [1.54, 1.807) is 11.9 Å². The maximum absolute atomic E-state index is 11.6. The Morgan fingerprint density at radius 3 is 2.64 bits per heavy atom. The van der Waals surface area contributed by atoms with Crippen molar-refractivity contribution in [1.29, 1.82) is 0 Å². The Morgan fingerprint density at radius 2 is 2.14 bits per heavy atom. The fourth-order valence-corrected chi connectivity index (χ4v) is 1.43. The first-order valence-corrected chi connectivity index (χ1v) is 4.61. The first kappa shape index (κ1) is 10.6. The smallest absolute Gasteiger partial charge is 0.242 e. The Hall–Kier alpha value is -1.46. The average Bonchev–Trinajstić information content (AvgIpc) is 2.69. The zero-order chi connectivity index (χ0) is 10.6. The van der Waals surface area contributed by atoms with Gasteiger partial charge in [-0.05, 0) is 12.8 Å². The Kier molecular flexibility index (Phi) is 3.55. The second-order valence-corrected chi connectivity index (χ2v) is 3.40. The number of rotatable bonds is 2. The SMILES string of the molecule is CN(CC(=O)N1CCCC1)C(N)=NO. The number of oxime groups is 1. The number of guanidine groups is 1. The van der Waals surface area contributed by atoms with Crippen LogP contribution in [0.25, 0.3) is 0 Å². The van der Waals surface area contributed by atoms with Crippen LogP contribution in [0, 0.1) is 0 Å². The van der Waals surface area contributed by atoms with Gasteiger partial charge in [0, 0.05) is 20.1 Å². The van der Waals surface area contributed by atoms with Gasteiger partial charge in [0.25, 0.3) is 0 Å². The van der Waals surface area contributed by atoms with Crippen LogP contribution < -0.4 is 5.73 Å². The Bertz CT molecular complexity index is 235. The second-order valence-electron chi connectivity index (χ2n) is 3.40. The number of hydrogen-bond donors (Lipinski definition) is 2. The second kappa shape index (κ2) is 4.69. The van der Waals surface area contributed by atoms with Gasteiger partial charge < -0.3 is 20.7 Å². The molecule has 0 unspecified atom stereocenters. The van der Waals surface area contributed by atoms with Crippen LogP contribution in [0.2, 0.25) is 0 Å². The Morgan fingerprint density at radius 1 is 1.57 bits per heavy atom. The van der Waals surface area contributed by atoms with E-state index in [-0.39, 0.29) is 18.4 Å². The molecule has 0 atom stereocenters. The molecule has 6 nitrogen and oxygen atoms in total. The Balaban J connectivity index is 2.39. The summed E-state index contributed by atoms with van der Waals surface area (Å²) in [6.45, 7) is 1.81. The van der Waals surface area contributed by atoms with Crippen LogP contribution in [0.15, 0.2) is 5.16 Å². The minimum absolute atomic E-state index is 0.0246. The van der Waals surface area contributed by atoms with Gasteiger partial charge in [-0.3, -0.25) is 4.79 Å². The van der Waals surface area contributed by atoms with E-state index >= 15 is 0 Å². The fraction of sp³-hybridized carbons (Fsp3) is 0.750. The molecule has 1 fully saturated rings. The minimum atomic E-state index is -0.0439. The third kappa shape index (κ3) is 2.51. The largest absolute Gasteiger partial charge is 0.408 e. The van der Waals surface area contributed by atoms with Crippen LogP contribution in [0.5, 0.6) is 0 Å². The van der Waals surface area contributed by atoms with Gasteiger partial charge in [0.2, 0.25) is 11.9 Å². The molecule has 0 bridgehead atoms. The molecule has 0 radical (unpaired) electrons. The first-order chi connectivity index (χ1) is 6.65. The number of likely N-dealkylation sites (N-methyl/N-ethyl adjacent to an activating group) is 1. The molecule has 0 saturated carbocycles. The summed E-state index contributed by atoms with van der Waals surface area (Å²) in [5.74, 6) is -0.0193. The fourth-order valence-electron chi connectivity index (χ4n) is 1.43. The lowest BCUT2D eigenvalue weighted by atomic mass is 10.4. The van der Waals surface area contributed by atoms with E-state index in [0.29, 0.717) is 0 Å². The normalized spacial score (nSPS) is 17.2. The van der Waals surface area contributed by atoms with Crippen LogP contribution in [0.1, 0.15) is 12.8 Å². The molecule has 0 aromatic carbocycles. The molecule has 1 saturated heterocycles. The highest BCUT2D eigenvalue weighted by molar-refractivity contribution is 5.85. The molecule has 1 rings (SSSR count). The maximum atomic E-state index is 11.6. The van der Waals surface area contributed by atoms with Crippen molar-refractivity contribution in [3.63, 3.8) is 0 Å². The van der Waals surface area contributed by atoms with E-state index in [4.69, 9.17) is 10.9 Å². The average molecular weight is 200 g/mol. The van der Waals surface area contributed by atoms with Crippen molar-refractivity contribution in [2.45, 2.75) is 12.8 Å². The topological polar surface area (TPSA) is 82.2 Å². The van der Waals surface area contributed by atoms with Gasteiger partial charge in [-0.25, -0.2) is 0 Å². The highest BCUT2D eigenvalue weighted by Crippen LogP contribution is 2.07. The monoisotopic (exact) mass is 200 g/mol. The van der Waals surface area contributed by atoms with Gasteiger partial charge in [-0.1, -0.05) is 5.16 Å². The van der Waals surface area contributed by atoms with Gasteiger partial charge in [-0.2, -0.15) is 0 Å². The van der Waals surface area contributed by atoms with E-state index in [1.165, 1.54) is 4.90 Å². The number of nitrogens with zero attached hydrogens (tertiary/aromatic N) is 3. The molecule has 0 aromatic heterocycles. The molecule has 14 heavy (non-hydrogen) atoms. The predicted molar refractivity (Wildman–Crippen MR) is 51.9 cm³/mol. The first-order valence-electron chi connectivity index (χ1n) is 4.61. The molecule has 80 valence electrons. The van der Waals surface area contributed by atoms with Crippen molar-refractivity contribution in [2.75, 3.05) is 26.7 Å². The lowest BCUT2D eigenvalue weighted by Gasteiger charge is -2.20. The lowest BCUT2D eigenvalue weighted by Crippen LogP contribution is -2.42. The van der Waals surface area contributed by atoms with Crippen LogP contribution in [0.3, 0.4) is 0 Å². The minimum Gasteiger partial charge on any atom is -0.408 e. The van der Waals surface area contributed by atoms with Crippen molar-refractivity contribution >= 4 is 11.9 Å². The van der Waals surface area contributed by atoms with Gasteiger partial charge in [0.1, 0.15) is 0 Å². The zero-order valence-electron chi connectivity index (χ0n) is 8.31. The van der Waals surface area contributed by atoms with Gasteiger partial charge in [-0.15, -0.1) is 0 Å². The van der Waals surface area contributed by atoms with Crippen LogP contribution in [-0.2, 0) is 4.79 Å². The molecule has 1 aliphatic heterocycles. The van der Waals surface area contributed by atoms with Crippen molar-refractivity contribution in [3.05, 3.63) is 0 Å². The summed E-state index contributed by atoms with van der Waals surface area (Å²) in [4.78, 5) is 14.8. The van der Waals surface area contributed by atoms with Crippen molar-refractivity contribution in [3.8, 4) is 0 Å². The molecule has 0 aromatic rings. The molecule has 0 spiro atoms. The maximum Gasteiger partial charge on any atom is 0.242 e. The van der Waals surface area contributed by atoms with E-state index in [2.05, 4.69) is 5.16 Å². The van der Waals surface area contributed by atoms with Crippen molar-refractivity contribution in [1.82, 2.24) is 9.80 Å². The zero-order valence-corrected chi connectivity index (χ0v) is 8.31. The summed E-state index contributed by atoms with van der Waals surface area (Å²) in [6.07, 6.45) is 2.14. The van der Waals surface area contributed by atoms with Gasteiger partial charge >= 0.3 is 0 Å². The molecule has 1 heterocycles. The molecule has 6 heteroatoms. The molecule has 1 aliphatic rings. The number of likely N-dealkylation sites (tertiary alicyclic amines) is 1. The van der Waals surface area contributed by atoms with E-state index in [9.17, 15) is 4.79 Å². The summed E-state index contributed by atoms with van der Waals surface area (Å²) in [5.41, 5.74) is 5.32. The van der Waals surface area contributed by atoms with E-state index < -0.39 is 0 Å². The number of carbonyl (C=O) groups excluding carboxylic acids is 1. The third-order valence-electron chi connectivity index (χ3n) is 2.32. The summed E-state index contributed by atoms with van der Waals surface area (Å²) >= 11 is 0. The highest BCUT2D eigenvalue weighted by atomic mass is 16.4. The molecular formula is C8H16N4O2. The summed E-state index contributed by atoms with van der Waals surface area (Å²) in [5, 5.41) is 11.2. The number of carbonyl (C=O) groups is 1. The molecule has 1 amide bonds. The number of amides is 1. The van der Waals surface area contributed by atoms with Crippen molar-refractivity contribution in [2.24, 2.45) is 10.9 Å². The number of nitrogens with two attached hydrogens (primary N) is 1. The lowest BCUT2D eigenvalue weighted by molar-refractivity contribution is -0.130. The third-order valence-corrected chi connectivity index (χ3v) is 2.32. The Labute approximate surface area is 83.0 Å². The van der Waals surface area contributed by atoms with E-state index in [1.807, 2.05) is 0 Å².